The van der Waals surface area contributed by atoms with E-state index >= 15 is 0 Å². The molecule has 0 fully saturated rings. The van der Waals surface area contributed by atoms with Gasteiger partial charge in [0.1, 0.15) is 12.4 Å². The van der Waals surface area contributed by atoms with Crippen molar-refractivity contribution in [1.29, 1.82) is 0 Å². The lowest BCUT2D eigenvalue weighted by Gasteiger charge is -2.34. The summed E-state index contributed by atoms with van der Waals surface area (Å²) in [6, 6.07) is 0. The highest BCUT2D eigenvalue weighted by Crippen LogP contribution is 2.23. The second-order valence-corrected chi connectivity index (χ2v) is 7.34. The number of carbonyl (C=O) groups is 1. The minimum Gasteiger partial charge on any atom is -0.477 e. The number of hydrogen-bond donors (Lipinski definition) is 2. The van der Waals surface area contributed by atoms with E-state index in [1.165, 1.54) is 44.9 Å². The maximum Gasteiger partial charge on any atom is 0.360 e. The van der Waals surface area contributed by atoms with E-state index in [2.05, 4.69) is 24.1 Å². The van der Waals surface area contributed by atoms with Gasteiger partial charge in [-0.3, -0.25) is 5.73 Å². The number of hydrogen-bond acceptors (Lipinski definition) is 3. The largest absolute Gasteiger partial charge is 0.477 e. The van der Waals surface area contributed by atoms with Crippen LogP contribution in [-0.2, 0) is 4.79 Å². The molecule has 1 aliphatic heterocycles. The molecule has 0 saturated carbocycles. The van der Waals surface area contributed by atoms with Crippen LogP contribution in [0.3, 0.4) is 0 Å². The van der Waals surface area contributed by atoms with Crippen molar-refractivity contribution in [1.82, 2.24) is 0 Å². The van der Waals surface area contributed by atoms with Gasteiger partial charge >= 0.3 is 5.97 Å². The average molecular weight is 365 g/mol. The maximum atomic E-state index is 11.2. The summed E-state index contributed by atoms with van der Waals surface area (Å²) in [4.78, 5) is 15.6. The molecule has 0 amide bonds. The average Bonchev–Trinajstić information content (AvgIpc) is 2.99. The van der Waals surface area contributed by atoms with Gasteiger partial charge in [0.2, 0.25) is 5.84 Å². The van der Waals surface area contributed by atoms with Crippen LogP contribution in [0.25, 0.3) is 0 Å². The van der Waals surface area contributed by atoms with Crippen LogP contribution in [0.15, 0.2) is 29.5 Å². The van der Waals surface area contributed by atoms with E-state index in [-0.39, 0.29) is 17.2 Å². The van der Waals surface area contributed by atoms with E-state index in [0.29, 0.717) is 0 Å². The molecule has 0 aromatic heterocycles. The van der Waals surface area contributed by atoms with Crippen LogP contribution in [0.2, 0.25) is 0 Å². The lowest BCUT2D eigenvalue weighted by molar-refractivity contribution is -0.805. The van der Waals surface area contributed by atoms with Gasteiger partial charge in [-0.15, -0.1) is 0 Å². The highest BCUT2D eigenvalue weighted by molar-refractivity contribution is 5.81. The molecule has 0 spiro atoms. The van der Waals surface area contributed by atoms with Crippen molar-refractivity contribution >= 4 is 11.8 Å². The first-order valence-corrected chi connectivity index (χ1v) is 10.3. The van der Waals surface area contributed by atoms with Gasteiger partial charge in [0.25, 0.3) is 0 Å². The maximum absolute atomic E-state index is 11.2. The molecule has 2 atom stereocenters. The van der Waals surface area contributed by atoms with E-state index in [0.717, 1.165) is 31.5 Å². The third-order valence-electron chi connectivity index (χ3n) is 5.07. The molecule has 5 heteroatoms. The van der Waals surface area contributed by atoms with Crippen LogP contribution in [0, 0.1) is 0 Å². The van der Waals surface area contributed by atoms with Gasteiger partial charge in [0, 0.05) is 13.3 Å². The van der Waals surface area contributed by atoms with Crippen molar-refractivity contribution < 1.29 is 14.4 Å². The van der Waals surface area contributed by atoms with E-state index in [4.69, 9.17) is 5.73 Å². The topological polar surface area (TPSA) is 75.7 Å². The summed E-state index contributed by atoms with van der Waals surface area (Å²) < 4.78 is 0.150. The Kier molecular flexibility index (Phi) is 11.1. The Hall–Kier alpha value is -1.46. The molecule has 0 aliphatic carbocycles. The van der Waals surface area contributed by atoms with Gasteiger partial charge in [0.15, 0.2) is 6.54 Å². The van der Waals surface area contributed by atoms with Crippen LogP contribution in [0.5, 0.6) is 0 Å². The van der Waals surface area contributed by atoms with Crippen LogP contribution in [0.4, 0.5) is 0 Å². The summed E-state index contributed by atoms with van der Waals surface area (Å²) in [5.74, 6) is 0.0130. The van der Waals surface area contributed by atoms with Crippen LogP contribution in [0.1, 0.15) is 84.5 Å². The first-order chi connectivity index (χ1) is 12.5. The normalized spacial score (nSPS) is 20.7. The van der Waals surface area contributed by atoms with Crippen molar-refractivity contribution in [3.63, 3.8) is 0 Å². The summed E-state index contributed by atoms with van der Waals surface area (Å²) in [6.45, 7) is 4.06. The zero-order valence-corrected chi connectivity index (χ0v) is 16.7. The van der Waals surface area contributed by atoms with Crippen molar-refractivity contribution in [3.8, 4) is 0 Å². The fourth-order valence-electron chi connectivity index (χ4n) is 3.42. The lowest BCUT2D eigenvalue weighted by Crippen LogP contribution is -2.59. The van der Waals surface area contributed by atoms with Gasteiger partial charge < -0.3 is 5.11 Å². The Labute approximate surface area is 159 Å². The smallest absolute Gasteiger partial charge is 0.360 e. The molecule has 1 rings (SSSR count). The number of allylic oxidation sites excluding steroid dienone is 2. The molecule has 0 bridgehead atoms. The van der Waals surface area contributed by atoms with Gasteiger partial charge in [-0.2, -0.15) is 0 Å². The van der Waals surface area contributed by atoms with Crippen LogP contribution >= 0.6 is 0 Å². The quantitative estimate of drug-likeness (QED) is 0.245. The van der Waals surface area contributed by atoms with E-state index in [9.17, 15) is 9.90 Å². The first-order valence-electron chi connectivity index (χ1n) is 10.3. The van der Waals surface area contributed by atoms with Crippen molar-refractivity contribution in [2.24, 2.45) is 10.7 Å². The number of carboxylic acid groups (broad SMARTS) is 1. The standard InChI is InChI=1S/C21H37N3O2/c1-3-4-5-6-7-8-9-10-11-12-13-14-15-20-23-16-17-24(20,19(2)22)18-21(25)26/h11-12,16-17,19H,3-10,13-15,18,22H2,1-2H3/p+1/b12-11+. The molecule has 148 valence electrons. The highest BCUT2D eigenvalue weighted by atomic mass is 16.4. The minimum atomic E-state index is -0.851. The monoisotopic (exact) mass is 364 g/mol. The first kappa shape index (κ1) is 22.6. The summed E-state index contributed by atoms with van der Waals surface area (Å²) >= 11 is 0. The van der Waals surface area contributed by atoms with Crippen molar-refractivity contribution in [3.05, 3.63) is 24.6 Å². The summed E-state index contributed by atoms with van der Waals surface area (Å²) in [5.41, 5.74) is 6.07. The van der Waals surface area contributed by atoms with Crippen LogP contribution < -0.4 is 5.73 Å². The molecule has 0 aromatic carbocycles. The third kappa shape index (κ3) is 7.83. The molecule has 1 aliphatic rings. The second kappa shape index (κ2) is 12.8. The van der Waals surface area contributed by atoms with E-state index in [1.807, 2.05) is 13.1 Å². The zero-order chi connectivity index (χ0) is 19.3. The summed E-state index contributed by atoms with van der Waals surface area (Å²) in [5, 5.41) is 9.21. The number of nitrogens with zero attached hydrogens (tertiary/aromatic N) is 2. The fraction of sp³-hybridized carbons (Fsp3) is 0.714. The molecular formula is C21H38N3O2+. The number of carboxylic acids is 1. The summed E-state index contributed by atoms with van der Waals surface area (Å²) in [6.07, 6.45) is 21.1. The SMILES string of the molecule is CCCCCCCCC/C=C/CCCC1=NC=C[N+]1(CC(=O)O)C(C)N. The number of aliphatic carboxylic acids is 1. The van der Waals surface area contributed by atoms with E-state index in [1.54, 1.807) is 6.20 Å². The number of quaternary nitrogens is 1. The predicted octanol–water partition coefficient (Wildman–Crippen LogP) is 4.94. The molecule has 5 nitrogen and oxygen atoms in total. The van der Waals surface area contributed by atoms with Crippen molar-refractivity contribution in [2.45, 2.75) is 90.6 Å². The molecule has 0 saturated heterocycles. The van der Waals surface area contributed by atoms with Crippen LogP contribution in [-0.4, -0.2) is 34.1 Å². The molecule has 3 N–H and O–H groups in total. The Morgan fingerprint density at radius 1 is 1.15 bits per heavy atom. The molecule has 0 radical (unpaired) electrons. The predicted molar refractivity (Wildman–Crippen MR) is 109 cm³/mol. The van der Waals surface area contributed by atoms with Gasteiger partial charge in [-0.25, -0.2) is 14.3 Å². The number of rotatable bonds is 15. The Bertz CT molecular complexity index is 497. The Morgan fingerprint density at radius 3 is 2.38 bits per heavy atom. The zero-order valence-electron chi connectivity index (χ0n) is 16.7. The Balaban J connectivity index is 2.19. The fourth-order valence-corrected chi connectivity index (χ4v) is 3.42. The Morgan fingerprint density at radius 2 is 1.77 bits per heavy atom. The van der Waals surface area contributed by atoms with Crippen molar-refractivity contribution in [2.75, 3.05) is 6.54 Å². The minimum absolute atomic E-state index is 0.0406. The summed E-state index contributed by atoms with van der Waals surface area (Å²) in [7, 11) is 0. The molecule has 26 heavy (non-hydrogen) atoms. The molecular weight excluding hydrogens is 326 g/mol. The molecule has 1 heterocycles. The highest BCUT2D eigenvalue weighted by Gasteiger charge is 2.40. The van der Waals surface area contributed by atoms with E-state index < -0.39 is 5.97 Å². The van der Waals surface area contributed by atoms with Gasteiger partial charge in [-0.1, -0.05) is 57.6 Å². The second-order valence-electron chi connectivity index (χ2n) is 7.34. The van der Waals surface area contributed by atoms with Gasteiger partial charge in [-0.05, 0) is 25.7 Å². The number of aliphatic imine (C=N–C) groups is 1. The molecule has 0 aromatic rings. The van der Waals surface area contributed by atoms with Gasteiger partial charge in [0.05, 0.1) is 6.20 Å². The molecule has 2 unspecified atom stereocenters. The number of amidine groups is 1. The third-order valence-corrected chi connectivity index (χ3v) is 5.07. The number of unbranched alkanes of at least 4 members (excludes halogenated alkanes) is 8. The number of nitrogens with two attached hydrogens (primary N) is 1. The lowest BCUT2D eigenvalue weighted by atomic mass is 10.1.